The van der Waals surface area contributed by atoms with E-state index < -0.39 is 5.91 Å². The monoisotopic (exact) mass is 428 g/mol. The number of nitrogens with one attached hydrogen (secondary N) is 1. The number of nitrogens with zero attached hydrogens (tertiary/aromatic N) is 1. The van der Waals surface area contributed by atoms with Crippen LogP contribution in [0.4, 0.5) is 5.69 Å². The van der Waals surface area contributed by atoms with Crippen LogP contribution in [-0.4, -0.2) is 25.2 Å². The molecule has 158 valence electrons. The van der Waals surface area contributed by atoms with E-state index in [1.165, 1.54) is 6.08 Å². The molecule has 7 heteroatoms. The molecule has 0 saturated carbocycles. The summed E-state index contributed by atoms with van der Waals surface area (Å²) >= 11 is 6.36. The number of hydrogen-bond acceptors (Lipinski definition) is 5. The third-order valence-electron chi connectivity index (χ3n) is 3.78. The molecule has 2 rings (SSSR count). The molecular formula is C23H25ClN2O4. The summed E-state index contributed by atoms with van der Waals surface area (Å²) in [6, 6.07) is 12.2. The van der Waals surface area contributed by atoms with Crippen molar-refractivity contribution in [3.05, 3.63) is 52.6 Å². The van der Waals surface area contributed by atoms with Crippen LogP contribution in [0.15, 0.2) is 42.0 Å². The molecule has 0 unspecified atom stereocenters. The quantitative estimate of drug-likeness (QED) is 0.423. The second-order valence-electron chi connectivity index (χ2n) is 6.51. The molecule has 2 aromatic rings. The number of carbonyl (C=O) groups excluding carboxylic acids is 1. The number of rotatable bonds is 9. The highest BCUT2D eigenvalue weighted by Gasteiger charge is 2.15. The zero-order chi connectivity index (χ0) is 22.1. The number of amides is 1. The van der Waals surface area contributed by atoms with Crippen molar-refractivity contribution in [1.29, 1.82) is 5.26 Å². The zero-order valence-electron chi connectivity index (χ0n) is 17.5. The molecule has 0 aromatic heterocycles. The summed E-state index contributed by atoms with van der Waals surface area (Å²) in [6.45, 7) is 8.49. The average molecular weight is 429 g/mol. The number of anilines is 1. The van der Waals surface area contributed by atoms with Gasteiger partial charge in [0.25, 0.3) is 5.91 Å². The van der Waals surface area contributed by atoms with Crippen LogP contribution in [0.3, 0.4) is 0 Å². The van der Waals surface area contributed by atoms with Crippen molar-refractivity contribution in [1.82, 2.24) is 0 Å². The summed E-state index contributed by atoms with van der Waals surface area (Å²) < 4.78 is 16.7. The molecule has 0 heterocycles. The van der Waals surface area contributed by atoms with Crippen LogP contribution in [0.1, 0.15) is 33.3 Å². The standard InChI is InChI=1S/C23H25ClN2O4/c1-5-28-19-9-7-18(8-10-19)26-23(27)17(14-25)11-16-12-20(24)22(30-15(3)4)21(13-16)29-6-2/h7-13,15H,5-6H2,1-4H3,(H,26,27)/b17-11+. The van der Waals surface area contributed by atoms with Gasteiger partial charge in [0, 0.05) is 5.69 Å². The van der Waals surface area contributed by atoms with Crippen LogP contribution in [0, 0.1) is 11.3 Å². The number of benzene rings is 2. The first-order valence-corrected chi connectivity index (χ1v) is 10.0. The highest BCUT2D eigenvalue weighted by Crippen LogP contribution is 2.38. The molecule has 0 aliphatic heterocycles. The fourth-order valence-electron chi connectivity index (χ4n) is 2.60. The third-order valence-corrected chi connectivity index (χ3v) is 4.07. The van der Waals surface area contributed by atoms with E-state index in [-0.39, 0.29) is 11.7 Å². The van der Waals surface area contributed by atoms with E-state index in [4.69, 9.17) is 25.8 Å². The van der Waals surface area contributed by atoms with Crippen molar-refractivity contribution >= 4 is 29.3 Å². The largest absolute Gasteiger partial charge is 0.494 e. The first kappa shape index (κ1) is 23.1. The predicted molar refractivity (Wildman–Crippen MR) is 118 cm³/mol. The van der Waals surface area contributed by atoms with Gasteiger partial charge in [0.2, 0.25) is 0 Å². The molecule has 0 fully saturated rings. The third kappa shape index (κ3) is 6.43. The Morgan fingerprint density at radius 2 is 1.83 bits per heavy atom. The van der Waals surface area contributed by atoms with E-state index in [9.17, 15) is 10.1 Å². The maximum Gasteiger partial charge on any atom is 0.266 e. The minimum Gasteiger partial charge on any atom is -0.494 e. The van der Waals surface area contributed by atoms with Gasteiger partial charge < -0.3 is 19.5 Å². The summed E-state index contributed by atoms with van der Waals surface area (Å²) in [7, 11) is 0. The van der Waals surface area contributed by atoms with Crippen LogP contribution in [0.2, 0.25) is 5.02 Å². The summed E-state index contributed by atoms with van der Waals surface area (Å²) in [6.07, 6.45) is 1.37. The summed E-state index contributed by atoms with van der Waals surface area (Å²) in [5.41, 5.74) is 1.04. The number of ether oxygens (including phenoxy) is 3. The lowest BCUT2D eigenvalue weighted by Gasteiger charge is -2.16. The number of halogens is 1. The number of hydrogen-bond donors (Lipinski definition) is 1. The number of carbonyl (C=O) groups is 1. The Hall–Kier alpha value is -3.17. The normalized spacial score (nSPS) is 11.0. The smallest absolute Gasteiger partial charge is 0.266 e. The molecule has 0 spiro atoms. The van der Waals surface area contributed by atoms with Crippen molar-refractivity contribution in [3.8, 4) is 23.3 Å². The van der Waals surface area contributed by atoms with Gasteiger partial charge >= 0.3 is 0 Å². The second-order valence-corrected chi connectivity index (χ2v) is 6.92. The Kier molecular flexibility index (Phi) is 8.57. The van der Waals surface area contributed by atoms with E-state index in [0.29, 0.717) is 46.7 Å². The molecule has 0 bridgehead atoms. The van der Waals surface area contributed by atoms with Crippen LogP contribution < -0.4 is 19.5 Å². The predicted octanol–water partition coefficient (Wildman–Crippen LogP) is 5.47. The van der Waals surface area contributed by atoms with Crippen molar-refractivity contribution < 1.29 is 19.0 Å². The number of nitriles is 1. The lowest BCUT2D eigenvalue weighted by atomic mass is 10.1. The van der Waals surface area contributed by atoms with E-state index in [1.807, 2.05) is 33.8 Å². The average Bonchev–Trinajstić information content (AvgIpc) is 2.70. The molecule has 0 aliphatic rings. The van der Waals surface area contributed by atoms with Gasteiger partial charge in [-0.1, -0.05) is 11.6 Å². The van der Waals surface area contributed by atoms with Crippen molar-refractivity contribution in [2.45, 2.75) is 33.8 Å². The van der Waals surface area contributed by atoms with E-state index in [2.05, 4.69) is 5.32 Å². The highest BCUT2D eigenvalue weighted by molar-refractivity contribution is 6.32. The van der Waals surface area contributed by atoms with Gasteiger partial charge in [-0.25, -0.2) is 0 Å². The summed E-state index contributed by atoms with van der Waals surface area (Å²) in [4.78, 5) is 12.5. The van der Waals surface area contributed by atoms with Crippen molar-refractivity contribution in [2.75, 3.05) is 18.5 Å². The fraction of sp³-hybridized carbons (Fsp3) is 0.304. The Morgan fingerprint density at radius 1 is 1.17 bits per heavy atom. The molecule has 1 N–H and O–H groups in total. The van der Waals surface area contributed by atoms with Gasteiger partial charge in [0.05, 0.1) is 24.3 Å². The molecule has 30 heavy (non-hydrogen) atoms. The maximum absolute atomic E-state index is 12.5. The SMILES string of the molecule is CCOc1ccc(NC(=O)/C(C#N)=C/c2cc(Cl)c(OC(C)C)c(OCC)c2)cc1. The van der Waals surface area contributed by atoms with Gasteiger partial charge in [0.1, 0.15) is 17.4 Å². The van der Waals surface area contributed by atoms with E-state index in [1.54, 1.807) is 36.4 Å². The minimum atomic E-state index is -0.529. The van der Waals surface area contributed by atoms with Crippen LogP contribution in [0.25, 0.3) is 6.08 Å². The van der Waals surface area contributed by atoms with Crippen LogP contribution in [0.5, 0.6) is 17.2 Å². The molecule has 0 saturated heterocycles. The van der Waals surface area contributed by atoms with Gasteiger partial charge in [-0.2, -0.15) is 5.26 Å². The van der Waals surface area contributed by atoms with Gasteiger partial charge in [0.15, 0.2) is 11.5 Å². The fourth-order valence-corrected chi connectivity index (χ4v) is 2.86. The Bertz CT molecular complexity index is 947. The van der Waals surface area contributed by atoms with Crippen molar-refractivity contribution in [2.24, 2.45) is 0 Å². The van der Waals surface area contributed by atoms with Crippen molar-refractivity contribution in [3.63, 3.8) is 0 Å². The lowest BCUT2D eigenvalue weighted by Crippen LogP contribution is -2.13. The topological polar surface area (TPSA) is 80.6 Å². The summed E-state index contributed by atoms with van der Waals surface area (Å²) in [5, 5.41) is 12.5. The second kappa shape index (κ2) is 11.1. The first-order chi connectivity index (χ1) is 14.4. The summed E-state index contributed by atoms with van der Waals surface area (Å²) in [5.74, 6) is 1.06. The van der Waals surface area contributed by atoms with E-state index >= 15 is 0 Å². The molecule has 0 atom stereocenters. The highest BCUT2D eigenvalue weighted by atomic mass is 35.5. The van der Waals surface area contributed by atoms with Gasteiger partial charge in [-0.05, 0) is 75.7 Å². The Balaban J connectivity index is 2.27. The van der Waals surface area contributed by atoms with E-state index in [0.717, 1.165) is 0 Å². The first-order valence-electron chi connectivity index (χ1n) is 9.66. The molecule has 0 radical (unpaired) electrons. The molecular weight excluding hydrogens is 404 g/mol. The maximum atomic E-state index is 12.5. The minimum absolute atomic E-state index is 0.0695. The van der Waals surface area contributed by atoms with Gasteiger partial charge in [-0.3, -0.25) is 4.79 Å². The Labute approximate surface area is 182 Å². The zero-order valence-corrected chi connectivity index (χ0v) is 18.2. The van der Waals surface area contributed by atoms with Crippen LogP contribution >= 0.6 is 11.6 Å². The lowest BCUT2D eigenvalue weighted by molar-refractivity contribution is -0.112. The molecule has 6 nitrogen and oxygen atoms in total. The Morgan fingerprint density at radius 3 is 2.40 bits per heavy atom. The molecule has 1 amide bonds. The van der Waals surface area contributed by atoms with Gasteiger partial charge in [-0.15, -0.1) is 0 Å². The molecule has 2 aromatic carbocycles. The van der Waals surface area contributed by atoms with Crippen LogP contribution in [-0.2, 0) is 4.79 Å². The molecule has 0 aliphatic carbocycles.